The van der Waals surface area contributed by atoms with Gasteiger partial charge in [-0.05, 0) is 51.7 Å². The van der Waals surface area contributed by atoms with Gasteiger partial charge in [0.05, 0.1) is 18.9 Å². The molecule has 162 valence electrons. The normalized spacial score (nSPS) is 20.0. The van der Waals surface area contributed by atoms with Crippen LogP contribution in [0.4, 0.5) is 4.79 Å². The molecule has 2 heterocycles. The lowest BCUT2D eigenvalue weighted by atomic mass is 9.96. The van der Waals surface area contributed by atoms with Crippen LogP contribution in [0.15, 0.2) is 22.8 Å². The predicted octanol–water partition coefficient (Wildman–Crippen LogP) is 3.54. The van der Waals surface area contributed by atoms with Crippen LogP contribution >= 0.6 is 0 Å². The molecule has 7 nitrogen and oxygen atoms in total. The quantitative estimate of drug-likeness (QED) is 0.718. The van der Waals surface area contributed by atoms with Gasteiger partial charge in [-0.1, -0.05) is 19.3 Å². The fourth-order valence-electron chi connectivity index (χ4n) is 4.12. The molecule has 0 spiro atoms. The highest BCUT2D eigenvalue weighted by atomic mass is 16.5. The van der Waals surface area contributed by atoms with E-state index in [9.17, 15) is 9.59 Å². The van der Waals surface area contributed by atoms with Crippen LogP contribution < -0.4 is 5.32 Å². The minimum atomic E-state index is -0.143. The van der Waals surface area contributed by atoms with Crippen molar-refractivity contribution in [1.82, 2.24) is 15.1 Å². The van der Waals surface area contributed by atoms with Crippen LogP contribution in [0.3, 0.4) is 0 Å². The average Bonchev–Trinajstić information content (AvgIpc) is 3.40. The lowest BCUT2D eigenvalue weighted by Gasteiger charge is -2.32. The lowest BCUT2D eigenvalue weighted by Crippen LogP contribution is -2.52. The van der Waals surface area contributed by atoms with E-state index >= 15 is 0 Å². The van der Waals surface area contributed by atoms with E-state index in [1.54, 1.807) is 16.1 Å². The van der Waals surface area contributed by atoms with Crippen LogP contribution in [0.2, 0.25) is 0 Å². The average molecular weight is 406 g/mol. The summed E-state index contributed by atoms with van der Waals surface area (Å²) in [5.41, 5.74) is 0. The molecule has 2 fully saturated rings. The van der Waals surface area contributed by atoms with E-state index in [0.29, 0.717) is 13.1 Å². The van der Waals surface area contributed by atoms with Crippen molar-refractivity contribution in [3.8, 4) is 0 Å². The number of rotatable bonds is 8. The summed E-state index contributed by atoms with van der Waals surface area (Å²) in [6.45, 7) is 5.62. The molecule has 1 atom stereocenters. The molecule has 1 aromatic rings. The molecule has 1 aliphatic carbocycles. The third-order valence-corrected chi connectivity index (χ3v) is 5.85. The van der Waals surface area contributed by atoms with Gasteiger partial charge in [0.2, 0.25) is 5.91 Å². The van der Waals surface area contributed by atoms with Crippen LogP contribution in [0.1, 0.15) is 64.6 Å². The Kier molecular flexibility index (Phi) is 7.98. The predicted molar refractivity (Wildman–Crippen MR) is 110 cm³/mol. The summed E-state index contributed by atoms with van der Waals surface area (Å²) in [4.78, 5) is 29.5. The maximum atomic E-state index is 13.2. The first-order valence-corrected chi connectivity index (χ1v) is 11.0. The van der Waals surface area contributed by atoms with E-state index in [1.807, 2.05) is 26.0 Å². The lowest BCUT2D eigenvalue weighted by molar-refractivity contribution is -0.134. The Morgan fingerprint density at radius 1 is 1.17 bits per heavy atom. The zero-order valence-corrected chi connectivity index (χ0v) is 17.8. The zero-order valence-electron chi connectivity index (χ0n) is 17.8. The largest absolute Gasteiger partial charge is 0.467 e. The molecule has 0 unspecified atom stereocenters. The van der Waals surface area contributed by atoms with E-state index in [0.717, 1.165) is 50.9 Å². The standard InChI is InChI=1S/C22H35N3O4/c1-17(2)25(22(27)23-18-8-4-3-5-9-18)16-21(26)24(14-19-10-6-12-28-19)15-20-11-7-13-29-20/h6,10,12,17-18,20H,3-5,7-9,11,13-16H2,1-2H3,(H,23,27)/t20-/m0/s1. The summed E-state index contributed by atoms with van der Waals surface area (Å²) >= 11 is 0. The summed E-state index contributed by atoms with van der Waals surface area (Å²) in [5.74, 6) is 0.656. The first kappa shape index (κ1) is 21.7. The van der Waals surface area contributed by atoms with Crippen molar-refractivity contribution in [3.05, 3.63) is 24.2 Å². The molecule has 0 radical (unpaired) electrons. The molecular formula is C22H35N3O4. The van der Waals surface area contributed by atoms with Crippen LogP contribution in [-0.4, -0.2) is 59.6 Å². The highest BCUT2D eigenvalue weighted by Gasteiger charge is 2.28. The third-order valence-electron chi connectivity index (χ3n) is 5.85. The molecule has 7 heteroatoms. The number of ether oxygens (including phenoxy) is 1. The highest BCUT2D eigenvalue weighted by molar-refractivity contribution is 5.84. The minimum absolute atomic E-state index is 0.0532. The summed E-state index contributed by atoms with van der Waals surface area (Å²) < 4.78 is 11.2. The topological polar surface area (TPSA) is 75.0 Å². The van der Waals surface area contributed by atoms with Crippen molar-refractivity contribution in [2.75, 3.05) is 19.7 Å². The Balaban J connectivity index is 1.62. The van der Waals surface area contributed by atoms with Crippen LogP contribution in [0.25, 0.3) is 0 Å². The number of nitrogens with one attached hydrogen (secondary N) is 1. The Hall–Kier alpha value is -2.02. The van der Waals surface area contributed by atoms with E-state index in [4.69, 9.17) is 9.15 Å². The Labute approximate surface area is 173 Å². The minimum Gasteiger partial charge on any atom is -0.467 e. The van der Waals surface area contributed by atoms with Crippen LogP contribution in [0.5, 0.6) is 0 Å². The zero-order chi connectivity index (χ0) is 20.6. The number of carbonyl (C=O) groups excluding carboxylic acids is 2. The van der Waals surface area contributed by atoms with Gasteiger partial charge in [-0.25, -0.2) is 4.79 Å². The fraction of sp³-hybridized carbons (Fsp3) is 0.727. The van der Waals surface area contributed by atoms with Crippen molar-refractivity contribution in [1.29, 1.82) is 0 Å². The molecule has 1 saturated heterocycles. The number of nitrogens with zero attached hydrogens (tertiary/aromatic N) is 2. The van der Waals surface area contributed by atoms with E-state index in [1.165, 1.54) is 6.42 Å². The van der Waals surface area contributed by atoms with Gasteiger partial charge in [0.1, 0.15) is 12.3 Å². The van der Waals surface area contributed by atoms with Crippen LogP contribution in [0, 0.1) is 0 Å². The van der Waals surface area contributed by atoms with Crippen molar-refractivity contribution >= 4 is 11.9 Å². The van der Waals surface area contributed by atoms with Gasteiger partial charge in [-0.2, -0.15) is 0 Å². The summed E-state index contributed by atoms with van der Waals surface area (Å²) in [5, 5.41) is 3.14. The number of carbonyl (C=O) groups is 2. The molecule has 1 aliphatic heterocycles. The molecular weight excluding hydrogens is 370 g/mol. The first-order valence-electron chi connectivity index (χ1n) is 11.0. The van der Waals surface area contributed by atoms with Crippen molar-refractivity contribution in [3.63, 3.8) is 0 Å². The molecule has 0 aromatic carbocycles. The second kappa shape index (κ2) is 10.7. The Morgan fingerprint density at radius 3 is 2.59 bits per heavy atom. The molecule has 1 N–H and O–H groups in total. The van der Waals surface area contributed by atoms with Crippen molar-refractivity contribution in [2.24, 2.45) is 0 Å². The third kappa shape index (κ3) is 6.49. The monoisotopic (exact) mass is 405 g/mol. The Bertz CT molecular complexity index is 634. The number of furan rings is 1. The maximum absolute atomic E-state index is 13.2. The maximum Gasteiger partial charge on any atom is 0.318 e. The summed E-state index contributed by atoms with van der Waals surface area (Å²) in [6, 6.07) is 3.71. The summed E-state index contributed by atoms with van der Waals surface area (Å²) in [7, 11) is 0. The molecule has 3 amide bonds. The summed E-state index contributed by atoms with van der Waals surface area (Å²) in [6.07, 6.45) is 9.25. The van der Waals surface area contributed by atoms with E-state index in [-0.39, 0.29) is 36.7 Å². The van der Waals surface area contributed by atoms with Gasteiger partial charge < -0.3 is 24.3 Å². The number of hydrogen-bond donors (Lipinski definition) is 1. The molecule has 0 bridgehead atoms. The second-order valence-corrected chi connectivity index (χ2v) is 8.49. The van der Waals surface area contributed by atoms with Gasteiger partial charge in [-0.15, -0.1) is 0 Å². The highest BCUT2D eigenvalue weighted by Crippen LogP contribution is 2.19. The second-order valence-electron chi connectivity index (χ2n) is 8.49. The first-order chi connectivity index (χ1) is 14.0. The molecule has 3 rings (SSSR count). The van der Waals surface area contributed by atoms with Gasteiger partial charge in [0.15, 0.2) is 0 Å². The van der Waals surface area contributed by atoms with Gasteiger partial charge in [0, 0.05) is 25.2 Å². The van der Waals surface area contributed by atoms with Gasteiger partial charge in [-0.3, -0.25) is 4.79 Å². The number of hydrogen-bond acceptors (Lipinski definition) is 4. The molecule has 2 aliphatic rings. The van der Waals surface area contributed by atoms with Crippen molar-refractivity contribution < 1.29 is 18.7 Å². The van der Waals surface area contributed by atoms with Gasteiger partial charge >= 0.3 is 6.03 Å². The van der Waals surface area contributed by atoms with E-state index in [2.05, 4.69) is 5.32 Å². The Morgan fingerprint density at radius 2 is 1.97 bits per heavy atom. The smallest absolute Gasteiger partial charge is 0.318 e. The van der Waals surface area contributed by atoms with E-state index < -0.39 is 0 Å². The number of amides is 3. The SMILES string of the molecule is CC(C)N(CC(=O)N(Cc1ccco1)C[C@@H]1CCCO1)C(=O)NC1CCCCC1. The molecule has 1 saturated carbocycles. The number of urea groups is 1. The fourth-order valence-corrected chi connectivity index (χ4v) is 4.12. The molecule has 1 aromatic heterocycles. The van der Waals surface area contributed by atoms with Crippen LogP contribution in [-0.2, 0) is 16.1 Å². The van der Waals surface area contributed by atoms with Gasteiger partial charge in [0.25, 0.3) is 0 Å². The van der Waals surface area contributed by atoms with Crippen molar-refractivity contribution in [2.45, 2.75) is 83.5 Å². The molecule has 29 heavy (non-hydrogen) atoms.